The van der Waals surface area contributed by atoms with Crippen LogP contribution in [0.5, 0.6) is 0 Å². The zero-order valence-corrected chi connectivity index (χ0v) is 30.5. The summed E-state index contributed by atoms with van der Waals surface area (Å²) in [6.07, 6.45) is 25.7. The van der Waals surface area contributed by atoms with Gasteiger partial charge >= 0.3 is 19.8 Å². The van der Waals surface area contributed by atoms with E-state index in [1.54, 1.807) is 0 Å². The summed E-state index contributed by atoms with van der Waals surface area (Å²) in [5.41, 5.74) is 0. The van der Waals surface area contributed by atoms with E-state index in [9.17, 15) is 34.1 Å². The molecule has 0 aliphatic carbocycles. The number of nitrogens with one attached hydrogen (secondary N) is 1. The molecule has 0 aromatic heterocycles. The summed E-state index contributed by atoms with van der Waals surface area (Å²) in [4.78, 5) is 45.5. The number of phosphoric ester groups is 1. The maximum Gasteiger partial charge on any atom is 0.472 e. The summed E-state index contributed by atoms with van der Waals surface area (Å²) >= 11 is 0. The largest absolute Gasteiger partial charge is 0.480 e. The fourth-order valence-electron chi connectivity index (χ4n) is 5.20. The van der Waals surface area contributed by atoms with Crippen LogP contribution in [0.3, 0.4) is 0 Å². The molecule has 12 heteroatoms. The number of phosphoric acid groups is 1. The number of aliphatic hydroxyl groups is 1. The van der Waals surface area contributed by atoms with Crippen LogP contribution in [0.15, 0.2) is 0 Å². The van der Waals surface area contributed by atoms with Crippen LogP contribution in [0, 0.1) is 0 Å². The van der Waals surface area contributed by atoms with Gasteiger partial charge in [-0.15, -0.1) is 0 Å². The molecular formula is C35H68NO10P. The Morgan fingerprint density at radius 1 is 0.596 bits per heavy atom. The van der Waals surface area contributed by atoms with Crippen molar-refractivity contribution in [3.8, 4) is 0 Å². The highest BCUT2D eigenvalue weighted by molar-refractivity contribution is 7.47. The third-order valence-electron chi connectivity index (χ3n) is 8.15. The average Bonchev–Trinajstić information content (AvgIpc) is 3.04. The van der Waals surface area contributed by atoms with Gasteiger partial charge < -0.3 is 25.2 Å². The molecule has 0 aliphatic heterocycles. The highest BCUT2D eigenvalue weighted by Gasteiger charge is 2.28. The smallest absolute Gasteiger partial charge is 0.472 e. The van der Waals surface area contributed by atoms with Crippen molar-refractivity contribution >= 4 is 25.7 Å². The first kappa shape index (κ1) is 45.5. The summed E-state index contributed by atoms with van der Waals surface area (Å²) in [6, 6.07) is -1.54. The summed E-state index contributed by atoms with van der Waals surface area (Å²) in [5, 5.41) is 21.7. The minimum absolute atomic E-state index is 0.151. The maximum absolute atomic E-state index is 12.2. The van der Waals surface area contributed by atoms with E-state index < -0.39 is 57.6 Å². The molecule has 11 nitrogen and oxygen atoms in total. The van der Waals surface area contributed by atoms with Crippen molar-refractivity contribution < 1.29 is 47.8 Å². The number of amides is 1. The molecule has 0 bridgehead atoms. The molecule has 278 valence electrons. The number of esters is 1. The van der Waals surface area contributed by atoms with E-state index in [1.165, 1.54) is 96.3 Å². The van der Waals surface area contributed by atoms with Gasteiger partial charge in [-0.05, 0) is 12.8 Å². The highest BCUT2D eigenvalue weighted by Crippen LogP contribution is 2.43. The predicted octanol–water partition coefficient (Wildman–Crippen LogP) is 8.39. The summed E-state index contributed by atoms with van der Waals surface area (Å²) in [5.74, 6) is -2.37. The van der Waals surface area contributed by atoms with Crippen LogP contribution in [0.2, 0.25) is 0 Å². The molecule has 0 saturated heterocycles. The lowest BCUT2D eigenvalue weighted by molar-refractivity contribution is -0.147. The minimum Gasteiger partial charge on any atom is -0.480 e. The van der Waals surface area contributed by atoms with E-state index >= 15 is 0 Å². The number of carbonyl (C=O) groups is 3. The van der Waals surface area contributed by atoms with Gasteiger partial charge in [-0.25, -0.2) is 9.36 Å². The van der Waals surface area contributed by atoms with E-state index in [1.807, 2.05) is 0 Å². The monoisotopic (exact) mass is 693 g/mol. The molecule has 0 radical (unpaired) electrons. The first-order valence-corrected chi connectivity index (χ1v) is 20.1. The van der Waals surface area contributed by atoms with Gasteiger partial charge in [0, 0.05) is 12.8 Å². The Hall–Kier alpha value is -1.52. The number of rotatable bonds is 35. The molecule has 4 N–H and O–H groups in total. The predicted molar refractivity (Wildman–Crippen MR) is 185 cm³/mol. The molecule has 0 aromatic rings. The Kier molecular flexibility index (Phi) is 30.7. The molecule has 0 rings (SSSR count). The average molecular weight is 694 g/mol. The van der Waals surface area contributed by atoms with Gasteiger partial charge in [-0.1, -0.05) is 149 Å². The molecule has 47 heavy (non-hydrogen) atoms. The molecule has 1 amide bonds. The van der Waals surface area contributed by atoms with E-state index in [0.717, 1.165) is 38.5 Å². The number of unbranched alkanes of at least 4 members (excludes halogenated alkanes) is 21. The van der Waals surface area contributed by atoms with Crippen molar-refractivity contribution in [3.05, 3.63) is 0 Å². The molecule has 0 saturated carbocycles. The zero-order chi connectivity index (χ0) is 35.0. The molecule has 3 unspecified atom stereocenters. The van der Waals surface area contributed by atoms with Crippen molar-refractivity contribution in [1.82, 2.24) is 5.32 Å². The number of ether oxygens (including phenoxy) is 1. The molecule has 0 heterocycles. The van der Waals surface area contributed by atoms with E-state index in [-0.39, 0.29) is 12.8 Å². The fraction of sp³-hybridized carbons (Fsp3) is 0.914. The second-order valence-corrected chi connectivity index (χ2v) is 14.2. The quantitative estimate of drug-likeness (QED) is 0.0287. The molecule has 0 aromatic carbocycles. The Morgan fingerprint density at radius 3 is 1.40 bits per heavy atom. The number of hydrogen-bond acceptors (Lipinski definition) is 8. The van der Waals surface area contributed by atoms with Gasteiger partial charge in [0.05, 0.1) is 13.2 Å². The lowest BCUT2D eigenvalue weighted by Gasteiger charge is -2.18. The Bertz CT molecular complexity index is 828. The van der Waals surface area contributed by atoms with Crippen LogP contribution in [-0.4, -0.2) is 64.9 Å². The number of carboxylic acid groups (broad SMARTS) is 1. The van der Waals surface area contributed by atoms with Gasteiger partial charge in [0.15, 0.2) is 6.04 Å². The van der Waals surface area contributed by atoms with E-state index in [2.05, 4.69) is 19.2 Å². The zero-order valence-electron chi connectivity index (χ0n) is 29.6. The number of aliphatic hydroxyl groups excluding tert-OH is 1. The fourth-order valence-corrected chi connectivity index (χ4v) is 5.97. The Labute approximate surface area is 284 Å². The SMILES string of the molecule is CCCCCCCCCCCCCCCC(=O)OCC(O)COP(=O)(O)OCC(NC(=O)CCCCCCCCCCCC)C(=O)O. The van der Waals surface area contributed by atoms with E-state index in [4.69, 9.17) is 13.8 Å². The highest BCUT2D eigenvalue weighted by atomic mass is 31.2. The normalized spacial score (nSPS) is 14.0. The summed E-state index contributed by atoms with van der Waals surface area (Å²) in [7, 11) is -4.74. The lowest BCUT2D eigenvalue weighted by Crippen LogP contribution is -2.43. The van der Waals surface area contributed by atoms with Crippen molar-refractivity contribution in [2.24, 2.45) is 0 Å². The first-order valence-electron chi connectivity index (χ1n) is 18.6. The standard InChI is InChI=1S/C35H68NO10P/c1-3-5-7-9-11-13-15-16-17-19-21-23-25-27-34(39)44-28-31(37)29-45-47(42,43)46-30-32(35(40)41)36-33(38)26-24-22-20-18-14-12-10-8-6-4-2/h31-32,37H,3-30H2,1-2H3,(H,36,38)(H,40,41)(H,42,43). The van der Waals surface area contributed by atoms with Gasteiger partial charge in [-0.2, -0.15) is 0 Å². The second kappa shape index (κ2) is 31.7. The number of carboxylic acids is 1. The third kappa shape index (κ3) is 31.5. The third-order valence-corrected chi connectivity index (χ3v) is 9.10. The number of aliphatic carboxylic acids is 1. The first-order chi connectivity index (χ1) is 22.6. The van der Waals surface area contributed by atoms with Crippen molar-refractivity contribution in [3.63, 3.8) is 0 Å². The van der Waals surface area contributed by atoms with Crippen LogP contribution >= 0.6 is 7.82 Å². The van der Waals surface area contributed by atoms with Crippen LogP contribution in [0.25, 0.3) is 0 Å². The van der Waals surface area contributed by atoms with Crippen LogP contribution in [0.4, 0.5) is 0 Å². The van der Waals surface area contributed by atoms with Gasteiger partial charge in [-0.3, -0.25) is 18.6 Å². The molecule has 0 spiro atoms. The lowest BCUT2D eigenvalue weighted by atomic mass is 10.0. The van der Waals surface area contributed by atoms with Gasteiger partial charge in [0.2, 0.25) is 5.91 Å². The summed E-state index contributed by atoms with van der Waals surface area (Å²) in [6.45, 7) is 2.55. The Balaban J connectivity index is 3.95. The minimum atomic E-state index is -4.74. The molecule has 0 aliphatic rings. The van der Waals surface area contributed by atoms with Crippen LogP contribution in [-0.2, 0) is 32.7 Å². The van der Waals surface area contributed by atoms with Crippen molar-refractivity contribution in [2.45, 2.75) is 187 Å². The van der Waals surface area contributed by atoms with Crippen molar-refractivity contribution in [1.29, 1.82) is 0 Å². The molecule has 0 fully saturated rings. The second-order valence-electron chi connectivity index (χ2n) is 12.8. The van der Waals surface area contributed by atoms with Crippen molar-refractivity contribution in [2.75, 3.05) is 19.8 Å². The van der Waals surface area contributed by atoms with E-state index in [0.29, 0.717) is 12.8 Å². The van der Waals surface area contributed by atoms with Gasteiger partial charge in [0.1, 0.15) is 12.7 Å². The maximum atomic E-state index is 12.2. The van der Waals surface area contributed by atoms with Crippen LogP contribution < -0.4 is 5.32 Å². The van der Waals surface area contributed by atoms with Gasteiger partial charge in [0.25, 0.3) is 0 Å². The Morgan fingerprint density at radius 2 is 0.979 bits per heavy atom. The number of carbonyl (C=O) groups excluding carboxylic acids is 2. The van der Waals surface area contributed by atoms with Crippen LogP contribution in [0.1, 0.15) is 174 Å². The molecular weight excluding hydrogens is 625 g/mol. The summed E-state index contributed by atoms with van der Waals surface area (Å²) < 4.78 is 26.7. The topological polar surface area (TPSA) is 169 Å². The molecule has 3 atom stereocenters. The number of hydrogen-bond donors (Lipinski definition) is 4.